The molecule has 0 spiro atoms. The number of carbonyl (C=O) groups excluding carboxylic acids is 6. The number of esters is 4. The number of rotatable bonds is 5. The average Bonchev–Trinajstić information content (AvgIpc) is 3.91. The van der Waals surface area contributed by atoms with Crippen molar-refractivity contribution in [2.45, 2.75) is 103 Å². The summed E-state index contributed by atoms with van der Waals surface area (Å²) in [5, 5.41) is 10.5. The van der Waals surface area contributed by atoms with Crippen molar-refractivity contribution in [3.05, 3.63) is 48.3 Å². The van der Waals surface area contributed by atoms with E-state index in [0.717, 1.165) is 11.1 Å². The molecule has 0 bridgehead atoms. The van der Waals surface area contributed by atoms with Gasteiger partial charge in [-0.3, -0.25) is 28.8 Å². The summed E-state index contributed by atoms with van der Waals surface area (Å²) in [6, 6.07) is 3.53. The summed E-state index contributed by atoms with van der Waals surface area (Å²) in [6.45, 7) is 7.85. The molecule has 14 nitrogen and oxygen atoms in total. The monoisotopic (exact) mass is 794 g/mol. The predicted molar refractivity (Wildman–Crippen MR) is 196 cm³/mol. The molecule has 57 heavy (non-hydrogen) atoms. The molecule has 1 N–H and O–H groups in total. The molecule has 6 fully saturated rings. The Balaban J connectivity index is 0.000000174. The molecule has 8 rings (SSSR count). The molecular formula is C43H54O14. The zero-order valence-corrected chi connectivity index (χ0v) is 33.6. The van der Waals surface area contributed by atoms with E-state index in [1.54, 1.807) is 30.9 Å². The molecule has 2 aromatic heterocycles. The third-order valence-electron chi connectivity index (χ3n) is 15.3. The molecule has 310 valence electrons. The summed E-state index contributed by atoms with van der Waals surface area (Å²) in [7, 11) is 4.19. The Labute approximate surface area is 331 Å². The fourth-order valence-corrected chi connectivity index (χ4v) is 12.5. The lowest BCUT2D eigenvalue weighted by molar-refractivity contribution is -0.210. The van der Waals surface area contributed by atoms with E-state index in [9.17, 15) is 33.9 Å². The zero-order chi connectivity index (χ0) is 41.2. The maximum absolute atomic E-state index is 13.6. The molecule has 4 saturated carbocycles. The number of furan rings is 2. The Morgan fingerprint density at radius 2 is 1.11 bits per heavy atom. The maximum Gasteiger partial charge on any atom is 0.310 e. The first-order chi connectivity index (χ1) is 27.0. The lowest BCUT2D eigenvalue weighted by atomic mass is 9.43. The van der Waals surface area contributed by atoms with Crippen LogP contribution < -0.4 is 0 Å². The topological polar surface area (TPSA) is 195 Å². The number of cyclic esters (lactones) is 2. The average molecular weight is 795 g/mol. The molecular weight excluding hydrogens is 740 g/mol. The molecule has 2 saturated heterocycles. The van der Waals surface area contributed by atoms with Gasteiger partial charge in [-0.05, 0) is 85.2 Å². The van der Waals surface area contributed by atoms with Crippen LogP contribution in [0.1, 0.15) is 102 Å². The molecule has 6 aliphatic rings. The molecule has 2 aromatic rings. The van der Waals surface area contributed by atoms with Crippen molar-refractivity contribution < 1.29 is 66.4 Å². The second kappa shape index (κ2) is 14.8. The lowest BCUT2D eigenvalue weighted by Gasteiger charge is -2.61. The summed E-state index contributed by atoms with van der Waals surface area (Å²) in [6.07, 6.45) is 6.82. The van der Waals surface area contributed by atoms with Crippen LogP contribution in [0.2, 0.25) is 0 Å². The maximum atomic E-state index is 13.6. The number of carbonyl (C=O) groups is 6. The van der Waals surface area contributed by atoms with Crippen LogP contribution in [0.3, 0.4) is 0 Å². The van der Waals surface area contributed by atoms with E-state index in [4.69, 9.17) is 32.5 Å². The Morgan fingerprint density at radius 1 is 0.667 bits per heavy atom. The Bertz CT molecular complexity index is 1890. The largest absolute Gasteiger partial charge is 0.472 e. The molecule has 4 heterocycles. The van der Waals surface area contributed by atoms with E-state index in [1.807, 2.05) is 27.7 Å². The number of hydrogen-bond acceptors (Lipinski definition) is 14. The van der Waals surface area contributed by atoms with Gasteiger partial charge in [-0.25, -0.2) is 0 Å². The van der Waals surface area contributed by atoms with E-state index in [1.165, 1.54) is 27.6 Å². The molecule has 4 aliphatic carbocycles. The van der Waals surface area contributed by atoms with Gasteiger partial charge in [0.15, 0.2) is 11.6 Å². The van der Waals surface area contributed by atoms with Crippen LogP contribution in [-0.4, -0.2) is 74.1 Å². The van der Waals surface area contributed by atoms with Gasteiger partial charge < -0.3 is 37.6 Å². The van der Waals surface area contributed by atoms with E-state index in [-0.39, 0.29) is 41.8 Å². The number of aliphatic hydroxyl groups excluding tert-OH is 1. The highest BCUT2D eigenvalue weighted by molar-refractivity contribution is 5.93. The lowest BCUT2D eigenvalue weighted by Crippen LogP contribution is -2.64. The van der Waals surface area contributed by atoms with Crippen molar-refractivity contribution in [2.75, 3.05) is 21.3 Å². The van der Waals surface area contributed by atoms with Gasteiger partial charge in [-0.1, -0.05) is 27.7 Å². The van der Waals surface area contributed by atoms with Crippen molar-refractivity contribution in [3.63, 3.8) is 0 Å². The summed E-state index contributed by atoms with van der Waals surface area (Å²) in [4.78, 5) is 77.8. The first kappa shape index (κ1) is 40.9. The predicted octanol–water partition coefficient (Wildman–Crippen LogP) is 5.51. The minimum absolute atomic E-state index is 0.0250. The molecule has 0 radical (unpaired) electrons. The number of ether oxygens (including phenoxy) is 5. The number of methoxy groups -OCH3 is 3. The first-order valence-corrected chi connectivity index (χ1v) is 19.9. The van der Waals surface area contributed by atoms with Crippen molar-refractivity contribution in [2.24, 2.45) is 57.2 Å². The van der Waals surface area contributed by atoms with E-state index < -0.39 is 81.6 Å². The zero-order valence-electron chi connectivity index (χ0n) is 33.6. The van der Waals surface area contributed by atoms with Gasteiger partial charge in [0.25, 0.3) is 0 Å². The van der Waals surface area contributed by atoms with E-state index in [2.05, 4.69) is 0 Å². The van der Waals surface area contributed by atoms with Gasteiger partial charge in [-0.2, -0.15) is 0 Å². The van der Waals surface area contributed by atoms with Crippen molar-refractivity contribution >= 4 is 35.4 Å². The van der Waals surface area contributed by atoms with Gasteiger partial charge >= 0.3 is 23.9 Å². The highest BCUT2D eigenvalue weighted by Gasteiger charge is 2.69. The first-order valence-electron chi connectivity index (χ1n) is 19.9. The number of fused-ring (bicyclic) bond motifs is 6. The second-order valence-electron chi connectivity index (χ2n) is 18.1. The van der Waals surface area contributed by atoms with Gasteiger partial charge in [-0.15, -0.1) is 0 Å². The summed E-state index contributed by atoms with van der Waals surface area (Å²) >= 11 is 0. The SMILES string of the molecule is COC(=O)[C@@H]1C[C@@H](O)C(=O)C2[C@@]1(C)CC[C@H]1C(=O)O[C@H](c3ccoc3)C[C@]21C.COC(=O)[C@@H]1C[C@@H](OC)C(=O)C2[C@@]1(C)CC[C@H]1C(=O)O[C@H](c3ccoc3)C[C@]21C. The molecule has 0 amide bonds. The number of Topliss-reactive ketones (excluding diaryl/α,β-unsaturated/α-hetero) is 2. The Morgan fingerprint density at radius 3 is 1.51 bits per heavy atom. The van der Waals surface area contributed by atoms with Gasteiger partial charge in [0, 0.05) is 30.1 Å². The van der Waals surface area contributed by atoms with Gasteiger partial charge in [0.05, 0.1) is 62.9 Å². The van der Waals surface area contributed by atoms with Crippen LogP contribution in [0, 0.1) is 57.2 Å². The molecule has 2 unspecified atom stereocenters. The van der Waals surface area contributed by atoms with Crippen LogP contribution in [0.25, 0.3) is 0 Å². The smallest absolute Gasteiger partial charge is 0.310 e. The third-order valence-corrected chi connectivity index (χ3v) is 15.3. The van der Waals surface area contributed by atoms with Crippen LogP contribution in [-0.2, 0) is 52.5 Å². The fraction of sp³-hybridized carbons (Fsp3) is 0.674. The van der Waals surface area contributed by atoms with Crippen molar-refractivity contribution in [1.29, 1.82) is 0 Å². The highest BCUT2D eigenvalue weighted by Crippen LogP contribution is 2.66. The molecule has 2 aliphatic heterocycles. The molecule has 0 aromatic carbocycles. The van der Waals surface area contributed by atoms with Gasteiger partial charge in [0.1, 0.15) is 24.4 Å². The third kappa shape index (κ3) is 6.36. The number of aliphatic hydroxyl groups is 1. The van der Waals surface area contributed by atoms with Gasteiger partial charge in [0.2, 0.25) is 0 Å². The van der Waals surface area contributed by atoms with E-state index >= 15 is 0 Å². The quantitative estimate of drug-likeness (QED) is 0.294. The van der Waals surface area contributed by atoms with E-state index in [0.29, 0.717) is 44.9 Å². The summed E-state index contributed by atoms with van der Waals surface area (Å²) in [5.41, 5.74) is -1.12. The molecule has 14 atom stereocenters. The number of ketones is 2. The highest BCUT2D eigenvalue weighted by atomic mass is 16.6. The Kier molecular flexibility index (Phi) is 10.6. The summed E-state index contributed by atoms with van der Waals surface area (Å²) < 4.78 is 37.3. The number of hydrogen-bond donors (Lipinski definition) is 1. The minimum atomic E-state index is -1.23. The van der Waals surface area contributed by atoms with Crippen molar-refractivity contribution in [1.82, 2.24) is 0 Å². The van der Waals surface area contributed by atoms with Crippen LogP contribution in [0.5, 0.6) is 0 Å². The summed E-state index contributed by atoms with van der Waals surface area (Å²) in [5.74, 6) is -4.65. The van der Waals surface area contributed by atoms with Crippen LogP contribution in [0.15, 0.2) is 46.0 Å². The van der Waals surface area contributed by atoms with Crippen molar-refractivity contribution in [3.8, 4) is 0 Å². The fourth-order valence-electron chi connectivity index (χ4n) is 12.5. The van der Waals surface area contributed by atoms with Crippen LogP contribution >= 0.6 is 0 Å². The van der Waals surface area contributed by atoms with Crippen LogP contribution in [0.4, 0.5) is 0 Å². The minimum Gasteiger partial charge on any atom is -0.472 e. The second-order valence-corrected chi connectivity index (χ2v) is 18.1. The normalized spacial score (nSPS) is 42.4. The molecule has 14 heteroatoms. The Hall–Kier alpha value is -4.30. The standard InChI is InChI=1S/C22H28O7.C21H26O7/c1-21-7-5-13-20(25)29-16(12-6-8-28-11-12)10-22(13,2)18(21)17(23)15(26-3)9-14(21)19(24)27-4;1-20-6-4-12-19(25)28-15(11-5-7-27-10-11)9-21(12,2)17(20)16(23)14(22)8-13(20)18(24)26-3/h6,8,11,13-16,18H,5,7,9-10H2,1-4H3;5,7,10,12-15,17,22H,4,6,8-9H2,1-3H3/t13-,14-,15+,16-,18?,21-,22-;12-,13-,14+,15-,17?,20-,21-/m00/s1.